The summed E-state index contributed by atoms with van der Waals surface area (Å²) in [6, 6.07) is 7.10. The van der Waals surface area contributed by atoms with Gasteiger partial charge >= 0.3 is 12.1 Å². The second-order valence-electron chi connectivity index (χ2n) is 5.92. The number of amides is 1. The number of thiophene rings is 1. The van der Waals surface area contributed by atoms with Gasteiger partial charge in [-0.15, -0.1) is 11.3 Å². The summed E-state index contributed by atoms with van der Waals surface area (Å²) < 4.78 is 10.3. The van der Waals surface area contributed by atoms with Crippen molar-refractivity contribution in [2.45, 2.75) is 33.3 Å². The molecule has 0 aliphatic rings. The van der Waals surface area contributed by atoms with Crippen molar-refractivity contribution in [3.8, 4) is 11.3 Å². The van der Waals surface area contributed by atoms with E-state index in [4.69, 9.17) is 9.47 Å². The fourth-order valence-corrected chi connectivity index (χ4v) is 2.84. The van der Waals surface area contributed by atoms with E-state index in [1.165, 1.54) is 0 Å². The van der Waals surface area contributed by atoms with Gasteiger partial charge in [-0.05, 0) is 45.9 Å². The van der Waals surface area contributed by atoms with Crippen LogP contribution in [-0.4, -0.2) is 29.3 Å². The molecule has 0 fully saturated rings. The Balaban J connectivity index is 2.34. The SMILES string of the molecule is CCOC(=O)c1cc(-c2ccccn2)c(NC(=O)OC(C)(C)C)s1. The fourth-order valence-electron chi connectivity index (χ4n) is 1.90. The molecule has 2 aromatic heterocycles. The Kier molecular flexibility index (Phi) is 5.56. The Hall–Kier alpha value is -2.41. The van der Waals surface area contributed by atoms with Gasteiger partial charge < -0.3 is 9.47 Å². The Morgan fingerprint density at radius 2 is 2.04 bits per heavy atom. The summed E-state index contributed by atoms with van der Waals surface area (Å²) in [6.45, 7) is 7.37. The van der Waals surface area contributed by atoms with Gasteiger partial charge in [-0.2, -0.15) is 0 Å². The lowest BCUT2D eigenvalue weighted by molar-refractivity contribution is 0.0531. The third-order valence-electron chi connectivity index (χ3n) is 2.76. The van der Waals surface area contributed by atoms with Gasteiger partial charge in [0.2, 0.25) is 0 Å². The molecule has 0 radical (unpaired) electrons. The van der Waals surface area contributed by atoms with Gasteiger partial charge in [-0.25, -0.2) is 9.59 Å². The Morgan fingerprint density at radius 1 is 1.29 bits per heavy atom. The highest BCUT2D eigenvalue weighted by Gasteiger charge is 2.22. The molecule has 0 saturated carbocycles. The molecule has 2 rings (SSSR count). The monoisotopic (exact) mass is 348 g/mol. The molecule has 0 atom stereocenters. The predicted octanol–water partition coefficient (Wildman–Crippen LogP) is 4.33. The first-order valence-electron chi connectivity index (χ1n) is 7.52. The summed E-state index contributed by atoms with van der Waals surface area (Å²) in [4.78, 5) is 28.7. The number of nitrogens with zero attached hydrogens (tertiary/aromatic N) is 1. The highest BCUT2D eigenvalue weighted by atomic mass is 32.1. The Bertz CT molecular complexity index is 720. The zero-order valence-electron chi connectivity index (χ0n) is 14.1. The number of carbonyl (C=O) groups is 2. The lowest BCUT2D eigenvalue weighted by Crippen LogP contribution is -2.27. The minimum atomic E-state index is -0.615. The maximum atomic E-state index is 12.1. The first-order chi connectivity index (χ1) is 11.3. The van der Waals surface area contributed by atoms with Crippen molar-refractivity contribution >= 4 is 28.4 Å². The molecule has 128 valence electrons. The van der Waals surface area contributed by atoms with E-state index in [0.29, 0.717) is 21.1 Å². The summed E-state index contributed by atoms with van der Waals surface area (Å²) in [5.41, 5.74) is 0.682. The molecule has 1 amide bonds. The molecule has 0 saturated heterocycles. The number of hydrogen-bond acceptors (Lipinski definition) is 6. The summed E-state index contributed by atoms with van der Waals surface area (Å²) in [6.07, 6.45) is 1.06. The van der Waals surface area contributed by atoms with E-state index in [-0.39, 0.29) is 6.61 Å². The van der Waals surface area contributed by atoms with Crippen LogP contribution in [0.4, 0.5) is 9.80 Å². The van der Waals surface area contributed by atoms with Crippen LogP contribution in [0.2, 0.25) is 0 Å². The molecule has 0 unspecified atom stereocenters. The van der Waals surface area contributed by atoms with Crippen LogP contribution in [-0.2, 0) is 9.47 Å². The smallest absolute Gasteiger partial charge is 0.412 e. The van der Waals surface area contributed by atoms with Crippen molar-refractivity contribution in [2.24, 2.45) is 0 Å². The van der Waals surface area contributed by atoms with Crippen LogP contribution in [0.25, 0.3) is 11.3 Å². The van der Waals surface area contributed by atoms with E-state index < -0.39 is 17.7 Å². The van der Waals surface area contributed by atoms with Crippen LogP contribution >= 0.6 is 11.3 Å². The van der Waals surface area contributed by atoms with Gasteiger partial charge in [0.05, 0.1) is 12.3 Å². The van der Waals surface area contributed by atoms with Crippen LogP contribution < -0.4 is 5.32 Å². The second kappa shape index (κ2) is 7.44. The van der Waals surface area contributed by atoms with Crippen molar-refractivity contribution in [2.75, 3.05) is 11.9 Å². The van der Waals surface area contributed by atoms with Crippen molar-refractivity contribution in [3.63, 3.8) is 0 Å². The minimum absolute atomic E-state index is 0.282. The largest absolute Gasteiger partial charge is 0.462 e. The van der Waals surface area contributed by atoms with Crippen molar-refractivity contribution in [1.82, 2.24) is 4.98 Å². The van der Waals surface area contributed by atoms with Crippen LogP contribution in [0.3, 0.4) is 0 Å². The number of anilines is 1. The maximum absolute atomic E-state index is 12.1. The lowest BCUT2D eigenvalue weighted by Gasteiger charge is -2.19. The Labute approximate surface area is 144 Å². The third kappa shape index (κ3) is 4.79. The topological polar surface area (TPSA) is 77.5 Å². The van der Waals surface area contributed by atoms with Gasteiger partial charge in [0.15, 0.2) is 0 Å². The number of carbonyl (C=O) groups excluding carboxylic acids is 2. The average molecular weight is 348 g/mol. The summed E-state index contributed by atoms with van der Waals surface area (Å²) in [5.74, 6) is -0.433. The fraction of sp³-hybridized carbons (Fsp3) is 0.353. The van der Waals surface area contributed by atoms with Crippen molar-refractivity contribution in [3.05, 3.63) is 35.3 Å². The van der Waals surface area contributed by atoms with E-state index >= 15 is 0 Å². The molecular weight excluding hydrogens is 328 g/mol. The summed E-state index contributed by atoms with van der Waals surface area (Å²) in [7, 11) is 0. The van der Waals surface area contributed by atoms with Gasteiger partial charge in [-0.3, -0.25) is 10.3 Å². The predicted molar refractivity (Wildman–Crippen MR) is 93.4 cm³/mol. The van der Waals surface area contributed by atoms with Gasteiger partial charge in [0.25, 0.3) is 0 Å². The van der Waals surface area contributed by atoms with Gasteiger partial charge in [-0.1, -0.05) is 6.07 Å². The lowest BCUT2D eigenvalue weighted by atomic mass is 10.2. The van der Waals surface area contributed by atoms with Gasteiger partial charge in [0.1, 0.15) is 15.5 Å². The quantitative estimate of drug-likeness (QED) is 0.832. The van der Waals surface area contributed by atoms with E-state index in [2.05, 4.69) is 10.3 Å². The number of rotatable bonds is 4. The number of pyridine rings is 1. The van der Waals surface area contributed by atoms with Crippen LogP contribution in [0.1, 0.15) is 37.4 Å². The summed E-state index contributed by atoms with van der Waals surface area (Å²) >= 11 is 1.13. The highest BCUT2D eigenvalue weighted by Crippen LogP contribution is 2.36. The number of hydrogen-bond donors (Lipinski definition) is 1. The van der Waals surface area contributed by atoms with Crippen LogP contribution in [0.5, 0.6) is 0 Å². The van der Waals surface area contributed by atoms with Crippen LogP contribution in [0, 0.1) is 0 Å². The first kappa shape index (κ1) is 17.9. The number of esters is 1. The maximum Gasteiger partial charge on any atom is 0.412 e. The molecule has 2 heterocycles. The molecule has 7 heteroatoms. The molecule has 0 aromatic carbocycles. The summed E-state index contributed by atoms with van der Waals surface area (Å²) in [5, 5.41) is 3.18. The van der Waals surface area contributed by atoms with Gasteiger partial charge in [0, 0.05) is 11.8 Å². The zero-order valence-corrected chi connectivity index (χ0v) is 14.9. The highest BCUT2D eigenvalue weighted by molar-refractivity contribution is 7.18. The van der Waals surface area contributed by atoms with Crippen molar-refractivity contribution < 1.29 is 19.1 Å². The molecule has 24 heavy (non-hydrogen) atoms. The second-order valence-corrected chi connectivity index (χ2v) is 6.97. The minimum Gasteiger partial charge on any atom is -0.462 e. The Morgan fingerprint density at radius 3 is 2.62 bits per heavy atom. The van der Waals surface area contributed by atoms with E-state index in [1.54, 1.807) is 52.1 Å². The van der Waals surface area contributed by atoms with E-state index in [9.17, 15) is 9.59 Å². The number of aromatic nitrogens is 1. The average Bonchev–Trinajstić information content (AvgIpc) is 2.90. The van der Waals surface area contributed by atoms with E-state index in [1.807, 2.05) is 6.07 Å². The molecule has 1 N–H and O–H groups in total. The third-order valence-corrected chi connectivity index (χ3v) is 3.79. The number of nitrogens with one attached hydrogen (secondary N) is 1. The molecular formula is C17H20N2O4S. The van der Waals surface area contributed by atoms with E-state index in [0.717, 1.165) is 11.3 Å². The molecule has 0 spiro atoms. The zero-order chi connectivity index (χ0) is 17.7. The molecule has 0 bridgehead atoms. The number of ether oxygens (including phenoxy) is 2. The molecule has 0 aliphatic carbocycles. The molecule has 0 aliphatic heterocycles. The van der Waals surface area contributed by atoms with Crippen molar-refractivity contribution in [1.29, 1.82) is 0 Å². The normalized spacial score (nSPS) is 11.0. The first-order valence-corrected chi connectivity index (χ1v) is 8.34. The molecule has 2 aromatic rings. The standard InChI is InChI=1S/C17H20N2O4S/c1-5-22-15(20)13-10-11(12-8-6-7-9-18-12)14(24-13)19-16(21)23-17(2,3)4/h6-10H,5H2,1-4H3,(H,19,21). The molecule has 6 nitrogen and oxygen atoms in total. The van der Waals surface area contributed by atoms with Crippen LogP contribution in [0.15, 0.2) is 30.5 Å².